The summed E-state index contributed by atoms with van der Waals surface area (Å²) in [5.41, 5.74) is 0.0621. The van der Waals surface area contributed by atoms with Gasteiger partial charge in [0.25, 0.3) is 5.91 Å². The number of amides is 1. The van der Waals surface area contributed by atoms with Crippen molar-refractivity contribution < 1.29 is 9.18 Å². The summed E-state index contributed by atoms with van der Waals surface area (Å²) in [5, 5.41) is 0.381. The van der Waals surface area contributed by atoms with Gasteiger partial charge in [0.15, 0.2) is 0 Å². The maximum Gasteiger partial charge on any atom is 0.256 e. The van der Waals surface area contributed by atoms with E-state index in [4.69, 9.17) is 11.6 Å². The zero-order valence-electron chi connectivity index (χ0n) is 10.3. The molecular formula is C13H16ClFN2O. The molecule has 1 saturated heterocycles. The van der Waals surface area contributed by atoms with Gasteiger partial charge in [-0.1, -0.05) is 11.6 Å². The first kappa shape index (κ1) is 13.3. The fraction of sp³-hybridized carbons (Fsp3) is 0.462. The number of benzene rings is 1. The summed E-state index contributed by atoms with van der Waals surface area (Å²) in [4.78, 5) is 16.1. The molecule has 1 aromatic carbocycles. The van der Waals surface area contributed by atoms with E-state index < -0.39 is 5.82 Å². The predicted octanol–water partition coefficient (Wildman–Crippen LogP) is 2.26. The Morgan fingerprint density at radius 1 is 1.28 bits per heavy atom. The molecule has 0 aliphatic carbocycles. The molecular weight excluding hydrogens is 255 g/mol. The van der Waals surface area contributed by atoms with Crippen LogP contribution in [0, 0.1) is 5.82 Å². The van der Waals surface area contributed by atoms with E-state index in [2.05, 4.69) is 4.90 Å². The third-order valence-electron chi connectivity index (χ3n) is 3.17. The van der Waals surface area contributed by atoms with Crippen molar-refractivity contribution in [1.29, 1.82) is 0 Å². The van der Waals surface area contributed by atoms with Crippen LogP contribution in [0.4, 0.5) is 4.39 Å². The molecule has 1 aliphatic heterocycles. The highest BCUT2D eigenvalue weighted by atomic mass is 35.5. The molecule has 2 rings (SSSR count). The number of carbonyl (C=O) groups excluding carboxylic acids is 1. The molecule has 1 aliphatic rings. The van der Waals surface area contributed by atoms with E-state index in [1.807, 2.05) is 7.05 Å². The molecule has 5 heteroatoms. The number of hydrogen-bond acceptors (Lipinski definition) is 2. The van der Waals surface area contributed by atoms with Crippen LogP contribution in [-0.4, -0.2) is 48.9 Å². The van der Waals surface area contributed by atoms with Crippen molar-refractivity contribution in [3.05, 3.63) is 34.6 Å². The minimum absolute atomic E-state index is 0.0621. The van der Waals surface area contributed by atoms with Gasteiger partial charge in [-0.05, 0) is 38.2 Å². The lowest BCUT2D eigenvalue weighted by molar-refractivity contribution is 0.0758. The minimum atomic E-state index is -0.512. The monoisotopic (exact) mass is 270 g/mol. The summed E-state index contributed by atoms with van der Waals surface area (Å²) in [6.45, 7) is 3.06. The Bertz CT molecular complexity index is 453. The molecule has 0 atom stereocenters. The van der Waals surface area contributed by atoms with Gasteiger partial charge in [-0.2, -0.15) is 0 Å². The summed E-state index contributed by atoms with van der Waals surface area (Å²) in [6.07, 6.45) is 0.907. The second-order valence-corrected chi connectivity index (χ2v) is 5.01. The first-order valence-corrected chi connectivity index (χ1v) is 6.38. The van der Waals surface area contributed by atoms with Crippen molar-refractivity contribution in [2.24, 2.45) is 0 Å². The second-order valence-electron chi connectivity index (χ2n) is 4.57. The van der Waals surface area contributed by atoms with E-state index in [1.54, 1.807) is 4.90 Å². The van der Waals surface area contributed by atoms with Gasteiger partial charge in [-0.15, -0.1) is 0 Å². The van der Waals surface area contributed by atoms with Crippen LogP contribution in [0.5, 0.6) is 0 Å². The van der Waals surface area contributed by atoms with Crippen LogP contribution in [0.15, 0.2) is 18.2 Å². The summed E-state index contributed by atoms with van der Waals surface area (Å²) in [6, 6.07) is 4.08. The summed E-state index contributed by atoms with van der Waals surface area (Å²) in [5.74, 6) is -0.785. The van der Waals surface area contributed by atoms with Crippen LogP contribution >= 0.6 is 11.6 Å². The lowest BCUT2D eigenvalue weighted by Gasteiger charge is -2.20. The van der Waals surface area contributed by atoms with Crippen LogP contribution < -0.4 is 0 Å². The fourth-order valence-corrected chi connectivity index (χ4v) is 2.25. The third-order valence-corrected chi connectivity index (χ3v) is 3.40. The average molecular weight is 271 g/mol. The molecule has 1 amide bonds. The van der Waals surface area contributed by atoms with Gasteiger partial charge in [-0.25, -0.2) is 4.39 Å². The van der Waals surface area contributed by atoms with Crippen LogP contribution in [0.3, 0.4) is 0 Å². The topological polar surface area (TPSA) is 23.6 Å². The van der Waals surface area contributed by atoms with Crippen molar-refractivity contribution >= 4 is 17.5 Å². The Morgan fingerprint density at radius 2 is 2.06 bits per heavy atom. The molecule has 0 spiro atoms. The van der Waals surface area contributed by atoms with Crippen molar-refractivity contribution in [1.82, 2.24) is 9.80 Å². The summed E-state index contributed by atoms with van der Waals surface area (Å²) >= 11 is 5.81. The Labute approximate surface area is 111 Å². The van der Waals surface area contributed by atoms with Gasteiger partial charge in [0.05, 0.1) is 5.56 Å². The van der Waals surface area contributed by atoms with Gasteiger partial charge in [0, 0.05) is 24.7 Å². The molecule has 1 fully saturated rings. The molecule has 0 saturated carbocycles. The molecule has 0 aromatic heterocycles. The molecule has 98 valence electrons. The van der Waals surface area contributed by atoms with E-state index in [9.17, 15) is 9.18 Å². The minimum Gasteiger partial charge on any atom is -0.337 e. The highest BCUT2D eigenvalue weighted by molar-refractivity contribution is 6.31. The average Bonchev–Trinajstić information content (AvgIpc) is 2.56. The molecule has 0 bridgehead atoms. The fourth-order valence-electron chi connectivity index (χ4n) is 2.08. The highest BCUT2D eigenvalue weighted by Gasteiger charge is 2.21. The Hall–Kier alpha value is -1.13. The normalized spacial score (nSPS) is 17.6. The molecule has 1 heterocycles. The van der Waals surface area contributed by atoms with E-state index in [1.165, 1.54) is 18.2 Å². The van der Waals surface area contributed by atoms with E-state index in [0.717, 1.165) is 19.5 Å². The van der Waals surface area contributed by atoms with Crippen molar-refractivity contribution in [3.63, 3.8) is 0 Å². The van der Waals surface area contributed by atoms with Crippen LogP contribution in [0.2, 0.25) is 5.02 Å². The van der Waals surface area contributed by atoms with Crippen LogP contribution in [-0.2, 0) is 0 Å². The molecule has 1 aromatic rings. The molecule has 3 nitrogen and oxygen atoms in total. The highest BCUT2D eigenvalue weighted by Crippen LogP contribution is 2.17. The standard InChI is InChI=1S/C13H16ClFN2O/c1-16-5-2-6-17(8-7-16)13(18)11-9-10(14)3-4-12(11)15/h3-4,9H,2,5-8H2,1H3. The van der Waals surface area contributed by atoms with Gasteiger partial charge in [0.1, 0.15) is 5.82 Å². The number of carbonyl (C=O) groups is 1. The number of hydrogen-bond donors (Lipinski definition) is 0. The SMILES string of the molecule is CN1CCCN(C(=O)c2cc(Cl)ccc2F)CC1. The Morgan fingerprint density at radius 3 is 2.83 bits per heavy atom. The zero-order valence-corrected chi connectivity index (χ0v) is 11.1. The van der Waals surface area contributed by atoms with Gasteiger partial charge in [0.2, 0.25) is 0 Å². The van der Waals surface area contributed by atoms with Crippen LogP contribution in [0.1, 0.15) is 16.8 Å². The van der Waals surface area contributed by atoms with Gasteiger partial charge >= 0.3 is 0 Å². The van der Waals surface area contributed by atoms with Crippen molar-refractivity contribution in [2.75, 3.05) is 33.2 Å². The maximum absolute atomic E-state index is 13.6. The Kier molecular flexibility index (Phi) is 4.19. The second kappa shape index (κ2) is 5.67. The van der Waals surface area contributed by atoms with Gasteiger partial charge < -0.3 is 9.80 Å². The molecule has 0 N–H and O–H groups in total. The first-order valence-electron chi connectivity index (χ1n) is 6.01. The number of likely N-dealkylation sites (N-methyl/N-ethyl adjacent to an activating group) is 1. The van der Waals surface area contributed by atoms with Crippen molar-refractivity contribution in [2.45, 2.75) is 6.42 Å². The van der Waals surface area contributed by atoms with Crippen LogP contribution in [0.25, 0.3) is 0 Å². The van der Waals surface area contributed by atoms with E-state index in [0.29, 0.717) is 18.1 Å². The Balaban J connectivity index is 2.17. The molecule has 18 heavy (non-hydrogen) atoms. The smallest absolute Gasteiger partial charge is 0.256 e. The van der Waals surface area contributed by atoms with E-state index in [-0.39, 0.29) is 11.5 Å². The first-order chi connectivity index (χ1) is 8.58. The number of rotatable bonds is 1. The maximum atomic E-state index is 13.6. The molecule has 0 radical (unpaired) electrons. The lowest BCUT2D eigenvalue weighted by atomic mass is 10.2. The number of halogens is 2. The predicted molar refractivity (Wildman–Crippen MR) is 69.4 cm³/mol. The third kappa shape index (κ3) is 3.00. The zero-order chi connectivity index (χ0) is 13.1. The largest absolute Gasteiger partial charge is 0.337 e. The molecule has 0 unspecified atom stereocenters. The number of nitrogens with zero attached hydrogens (tertiary/aromatic N) is 2. The summed E-state index contributed by atoms with van der Waals surface area (Å²) < 4.78 is 13.6. The van der Waals surface area contributed by atoms with E-state index >= 15 is 0 Å². The summed E-state index contributed by atoms with van der Waals surface area (Å²) in [7, 11) is 2.02. The lowest BCUT2D eigenvalue weighted by Crippen LogP contribution is -2.35. The quantitative estimate of drug-likeness (QED) is 0.782. The van der Waals surface area contributed by atoms with Gasteiger partial charge in [-0.3, -0.25) is 4.79 Å². The van der Waals surface area contributed by atoms with Crippen molar-refractivity contribution in [3.8, 4) is 0 Å².